The van der Waals surface area contributed by atoms with Crippen molar-refractivity contribution in [2.75, 3.05) is 14.1 Å². The molecule has 11 heteroatoms. The van der Waals surface area contributed by atoms with Crippen LogP contribution in [0.25, 0.3) is 5.57 Å². The molecule has 0 saturated carbocycles. The van der Waals surface area contributed by atoms with Crippen LogP contribution >= 0.6 is 15.9 Å². The lowest BCUT2D eigenvalue weighted by Gasteiger charge is -2.22. The number of aromatic hydroxyl groups is 1. The number of alkyl halides is 6. The monoisotopic (exact) mass is 794 g/mol. The van der Waals surface area contributed by atoms with E-state index in [-0.39, 0.29) is 17.4 Å². The number of allylic oxidation sites excluding steroid dienone is 6. The van der Waals surface area contributed by atoms with Crippen LogP contribution in [-0.4, -0.2) is 30.9 Å². The molecule has 292 valence electrons. The molecule has 0 aliphatic rings. The third-order valence-electron chi connectivity index (χ3n) is 6.49. The Bertz CT molecular complexity index is 1250. The molecule has 0 unspecified atom stereocenters. The van der Waals surface area contributed by atoms with Crippen LogP contribution in [0.4, 0.5) is 26.3 Å². The average molecular weight is 796 g/mol. The third-order valence-corrected chi connectivity index (χ3v) is 7.38. The molecule has 0 saturated heterocycles. The van der Waals surface area contributed by atoms with Gasteiger partial charge in [-0.2, -0.15) is 26.3 Å². The summed E-state index contributed by atoms with van der Waals surface area (Å²) in [5, 5.41) is 9.83. The summed E-state index contributed by atoms with van der Waals surface area (Å²) in [6.07, 6.45) is -0.291. The zero-order valence-corrected chi connectivity index (χ0v) is 33.7. The van der Waals surface area contributed by atoms with Gasteiger partial charge >= 0.3 is 12.4 Å². The molecule has 3 N–H and O–H groups in total. The fourth-order valence-electron chi connectivity index (χ4n) is 3.98. The normalized spacial score (nSPS) is 10.8. The first kappa shape index (κ1) is 56.8. The highest BCUT2D eigenvalue weighted by Gasteiger charge is 2.36. The molecule has 2 rings (SSSR count). The first-order valence-corrected chi connectivity index (χ1v) is 17.1. The molecule has 0 atom stereocenters. The van der Waals surface area contributed by atoms with E-state index in [4.69, 9.17) is 4.79 Å². The van der Waals surface area contributed by atoms with Gasteiger partial charge in [0.05, 0.1) is 11.1 Å². The summed E-state index contributed by atoms with van der Waals surface area (Å²) >= 11 is 3.46. The summed E-state index contributed by atoms with van der Waals surface area (Å²) in [6.45, 7) is 31.8. The number of aryl methyl sites for hydroxylation is 1. The van der Waals surface area contributed by atoms with Gasteiger partial charge in [-0.15, -0.1) is 13.2 Å². The summed E-state index contributed by atoms with van der Waals surface area (Å²) in [5.41, 5.74) is 5.45. The first-order valence-electron chi connectivity index (χ1n) is 16.3. The SMILES string of the molecule is C=C.C=C/C(Br)=C(/C)N(C)/C(C)=C\C(=C)c1ccccc1O.C=O.CC.CCCC(C)CCC.CN.Cc1cc(C(F)(F)F)cc(C(F)(F)F)c1. The fraction of sp³-hybridized carbons (Fsp3) is 0.425. The first-order chi connectivity index (χ1) is 23.8. The molecule has 51 heavy (non-hydrogen) atoms. The second-order valence-electron chi connectivity index (χ2n) is 10.3. The van der Waals surface area contributed by atoms with E-state index < -0.39 is 23.5 Å². The van der Waals surface area contributed by atoms with Crippen LogP contribution in [0.2, 0.25) is 0 Å². The van der Waals surface area contributed by atoms with Gasteiger partial charge in [-0.25, -0.2) is 0 Å². The lowest BCUT2D eigenvalue weighted by molar-refractivity contribution is -0.143. The van der Waals surface area contributed by atoms with Crippen molar-refractivity contribution >= 4 is 28.3 Å². The largest absolute Gasteiger partial charge is 0.507 e. The number of halogens is 7. The van der Waals surface area contributed by atoms with Crippen LogP contribution in [0, 0.1) is 12.8 Å². The summed E-state index contributed by atoms with van der Waals surface area (Å²) in [5.74, 6) is 1.20. The molecular weight excluding hydrogens is 734 g/mol. The summed E-state index contributed by atoms with van der Waals surface area (Å²) < 4.78 is 74.0. The Morgan fingerprint density at radius 2 is 1.31 bits per heavy atom. The van der Waals surface area contributed by atoms with Crippen LogP contribution in [0.3, 0.4) is 0 Å². The Morgan fingerprint density at radius 1 is 0.922 bits per heavy atom. The summed E-state index contributed by atoms with van der Waals surface area (Å²) in [7, 11) is 3.48. The highest BCUT2D eigenvalue weighted by Crippen LogP contribution is 2.36. The van der Waals surface area contributed by atoms with E-state index in [1.807, 2.05) is 64.6 Å². The summed E-state index contributed by atoms with van der Waals surface area (Å²) in [6, 6.07) is 8.64. The molecule has 2 aromatic carbocycles. The van der Waals surface area contributed by atoms with Crippen LogP contribution in [0.5, 0.6) is 5.75 Å². The van der Waals surface area contributed by atoms with Crippen LogP contribution in [0.1, 0.15) is 96.4 Å². The predicted octanol–water partition coefficient (Wildman–Crippen LogP) is 13.5. The number of hydrogen-bond acceptors (Lipinski definition) is 4. The molecule has 0 bridgehead atoms. The van der Waals surface area contributed by atoms with E-state index in [2.05, 4.69) is 68.8 Å². The Balaban J connectivity index is -0.000000200. The number of rotatable bonds is 9. The number of para-hydroxylation sites is 1. The van der Waals surface area contributed by atoms with E-state index >= 15 is 0 Å². The van der Waals surface area contributed by atoms with Gasteiger partial charge in [-0.1, -0.05) is 97.7 Å². The zero-order valence-electron chi connectivity index (χ0n) is 32.2. The van der Waals surface area contributed by atoms with Gasteiger partial charge in [-0.05, 0) is 91.1 Å². The lowest BCUT2D eigenvalue weighted by atomic mass is 10.0. The van der Waals surface area contributed by atoms with Crippen molar-refractivity contribution in [2.24, 2.45) is 11.7 Å². The van der Waals surface area contributed by atoms with Crippen molar-refractivity contribution in [3.8, 4) is 5.75 Å². The quantitative estimate of drug-likeness (QED) is 0.151. The van der Waals surface area contributed by atoms with E-state index in [9.17, 15) is 31.4 Å². The number of nitrogens with zero attached hydrogens (tertiary/aromatic N) is 1. The second-order valence-corrected chi connectivity index (χ2v) is 11.1. The molecule has 0 heterocycles. The van der Waals surface area contributed by atoms with Crippen LogP contribution < -0.4 is 5.73 Å². The highest BCUT2D eigenvalue weighted by molar-refractivity contribution is 9.11. The molecule has 0 aromatic heterocycles. The van der Waals surface area contributed by atoms with E-state index in [0.29, 0.717) is 12.1 Å². The lowest BCUT2D eigenvalue weighted by Crippen LogP contribution is -2.14. The highest BCUT2D eigenvalue weighted by atomic mass is 79.9. The minimum Gasteiger partial charge on any atom is -0.507 e. The topological polar surface area (TPSA) is 66.6 Å². The molecule has 0 aliphatic carbocycles. The van der Waals surface area contributed by atoms with Crippen molar-refractivity contribution in [2.45, 2.75) is 93.4 Å². The van der Waals surface area contributed by atoms with Gasteiger partial charge in [-0.3, -0.25) is 0 Å². The average Bonchev–Trinajstić information content (AvgIpc) is 3.10. The van der Waals surface area contributed by atoms with Crippen LogP contribution in [-0.2, 0) is 17.1 Å². The Hall–Kier alpha value is -3.57. The van der Waals surface area contributed by atoms with Crippen molar-refractivity contribution in [1.82, 2.24) is 4.90 Å². The Morgan fingerprint density at radius 3 is 1.65 bits per heavy atom. The van der Waals surface area contributed by atoms with Crippen molar-refractivity contribution in [3.63, 3.8) is 0 Å². The maximum atomic E-state index is 12.2. The maximum Gasteiger partial charge on any atom is 0.416 e. The zero-order chi connectivity index (χ0) is 41.5. The van der Waals surface area contributed by atoms with E-state index in [1.54, 1.807) is 18.2 Å². The number of carbonyl (C=O) groups excluding carboxylic acids is 1. The third kappa shape index (κ3) is 26.0. The van der Waals surface area contributed by atoms with E-state index in [0.717, 1.165) is 32.9 Å². The second kappa shape index (κ2) is 32.3. The maximum absolute atomic E-state index is 12.2. The minimum atomic E-state index is -4.76. The van der Waals surface area contributed by atoms with Crippen molar-refractivity contribution in [1.29, 1.82) is 0 Å². The number of phenols is 1. The number of hydrogen-bond donors (Lipinski definition) is 2. The molecule has 4 nitrogen and oxygen atoms in total. The number of nitrogens with two attached hydrogens (primary N) is 1. The molecule has 0 fully saturated rings. The van der Waals surface area contributed by atoms with Gasteiger partial charge in [0.15, 0.2) is 0 Å². The van der Waals surface area contributed by atoms with Crippen molar-refractivity contribution in [3.05, 3.63) is 119 Å². The van der Waals surface area contributed by atoms with E-state index in [1.165, 1.54) is 39.7 Å². The van der Waals surface area contributed by atoms with Crippen LogP contribution in [0.15, 0.2) is 96.8 Å². The van der Waals surface area contributed by atoms with Gasteiger partial charge in [0.2, 0.25) is 0 Å². The van der Waals surface area contributed by atoms with Gasteiger partial charge in [0, 0.05) is 28.5 Å². The molecule has 0 radical (unpaired) electrons. The predicted molar refractivity (Wildman–Crippen MR) is 210 cm³/mol. The number of benzene rings is 2. The van der Waals surface area contributed by atoms with Gasteiger partial charge in [0.25, 0.3) is 0 Å². The number of phenolic OH excluding ortho intramolecular Hbond substituents is 1. The Labute approximate surface area is 312 Å². The molecule has 2 aromatic rings. The summed E-state index contributed by atoms with van der Waals surface area (Å²) in [4.78, 5) is 10.0. The fourth-order valence-corrected chi connectivity index (χ4v) is 4.25. The molecule has 0 amide bonds. The minimum absolute atomic E-state index is 0.0721. The molecule has 0 spiro atoms. The smallest absolute Gasteiger partial charge is 0.416 e. The van der Waals surface area contributed by atoms with Gasteiger partial charge < -0.3 is 20.5 Å². The molecular formula is C40H61BrF6N2O2. The molecule has 0 aliphatic heterocycles. The standard InChI is InChI=1S/C17H20BrNO.C9H6F6.C8H18.C2H6.C2H4.CH5N.CH2O/c1-6-16(18)14(4)19(5)13(3)11-12(2)15-9-7-8-10-17(15)20;1-5-2-6(8(10,11)12)4-7(3-5)9(13,14)15;1-4-6-8(3)7-5-2;4*1-2/h6-11,20H,1-2H2,3-5H3;2-4H,1H3;8H,4-7H2,1-3H3;1-2H3;1-2H2;2H2,1H3;1H2/b13-11-,16-14+;;;;;;. The Kier molecular flexibility index (Phi) is 36.0. The van der Waals surface area contributed by atoms with Gasteiger partial charge in [0.1, 0.15) is 12.5 Å². The number of carbonyl (C=O) groups is 1. The van der Waals surface area contributed by atoms with Crippen molar-refractivity contribution < 1.29 is 36.2 Å².